The lowest BCUT2D eigenvalue weighted by molar-refractivity contribution is -0.0442. The van der Waals surface area contributed by atoms with E-state index in [0.717, 1.165) is 19.6 Å². The molecule has 82 valence electrons. The Morgan fingerprint density at radius 1 is 1.21 bits per heavy atom. The maximum Gasteiger partial charge on any atom is 0.0830 e. The van der Waals surface area contributed by atoms with Gasteiger partial charge in [-0.25, -0.2) is 0 Å². The first-order valence-corrected chi connectivity index (χ1v) is 5.93. The van der Waals surface area contributed by atoms with E-state index in [2.05, 4.69) is 17.1 Å². The first-order chi connectivity index (χ1) is 6.84. The molecule has 3 heteroatoms. The molecule has 14 heavy (non-hydrogen) atoms. The maximum absolute atomic E-state index is 5.88. The molecule has 1 N–H and O–H groups in total. The number of rotatable bonds is 2. The average molecular weight is 198 g/mol. The van der Waals surface area contributed by atoms with E-state index in [4.69, 9.17) is 4.74 Å². The van der Waals surface area contributed by atoms with Crippen LogP contribution < -0.4 is 5.32 Å². The summed E-state index contributed by atoms with van der Waals surface area (Å²) in [6.45, 7) is 7.85. The van der Waals surface area contributed by atoms with Gasteiger partial charge in [-0.3, -0.25) is 0 Å². The van der Waals surface area contributed by atoms with Crippen LogP contribution in [0.5, 0.6) is 0 Å². The topological polar surface area (TPSA) is 24.5 Å². The van der Waals surface area contributed by atoms with Crippen LogP contribution in [0.25, 0.3) is 0 Å². The smallest absolute Gasteiger partial charge is 0.0830 e. The van der Waals surface area contributed by atoms with Crippen molar-refractivity contribution in [2.24, 2.45) is 0 Å². The first kappa shape index (κ1) is 10.4. The van der Waals surface area contributed by atoms with Crippen molar-refractivity contribution in [2.75, 3.05) is 32.7 Å². The van der Waals surface area contributed by atoms with E-state index in [-0.39, 0.29) is 0 Å². The Balaban J connectivity index is 1.72. The minimum Gasteiger partial charge on any atom is -0.371 e. The maximum atomic E-state index is 5.88. The monoisotopic (exact) mass is 198 g/mol. The van der Waals surface area contributed by atoms with Crippen LogP contribution in [-0.4, -0.2) is 49.8 Å². The molecule has 2 saturated heterocycles. The number of nitrogens with zero attached hydrogens (tertiary/aromatic N) is 1. The molecule has 0 saturated carbocycles. The van der Waals surface area contributed by atoms with Gasteiger partial charge in [0.15, 0.2) is 0 Å². The quantitative estimate of drug-likeness (QED) is 0.712. The van der Waals surface area contributed by atoms with Crippen molar-refractivity contribution in [1.82, 2.24) is 10.2 Å². The number of nitrogens with one attached hydrogen (secondary N) is 1. The molecule has 0 unspecified atom stereocenters. The van der Waals surface area contributed by atoms with E-state index in [1.54, 1.807) is 0 Å². The summed E-state index contributed by atoms with van der Waals surface area (Å²) >= 11 is 0. The van der Waals surface area contributed by atoms with Gasteiger partial charge in [0.1, 0.15) is 0 Å². The third-order valence-electron chi connectivity index (χ3n) is 3.14. The molecule has 2 rings (SSSR count). The Bertz CT molecular complexity index is 169. The lowest BCUT2D eigenvalue weighted by Gasteiger charge is -2.34. The molecule has 0 amide bonds. The fourth-order valence-corrected chi connectivity index (χ4v) is 2.41. The van der Waals surface area contributed by atoms with Gasteiger partial charge in [0.25, 0.3) is 0 Å². The Morgan fingerprint density at radius 2 is 2.00 bits per heavy atom. The average Bonchev–Trinajstić information content (AvgIpc) is 2.19. The van der Waals surface area contributed by atoms with Gasteiger partial charge in [0.2, 0.25) is 0 Å². The van der Waals surface area contributed by atoms with Gasteiger partial charge >= 0.3 is 0 Å². The number of likely N-dealkylation sites (tertiary alicyclic amines) is 1. The third-order valence-corrected chi connectivity index (χ3v) is 3.14. The lowest BCUT2D eigenvalue weighted by atomic mass is 10.1. The van der Waals surface area contributed by atoms with Gasteiger partial charge in [-0.15, -0.1) is 0 Å². The zero-order chi connectivity index (χ0) is 9.80. The van der Waals surface area contributed by atoms with Gasteiger partial charge in [0.05, 0.1) is 12.2 Å². The molecule has 0 spiro atoms. The number of morpholine rings is 1. The van der Waals surface area contributed by atoms with Gasteiger partial charge < -0.3 is 15.0 Å². The summed E-state index contributed by atoms with van der Waals surface area (Å²) in [5, 5.41) is 3.42. The summed E-state index contributed by atoms with van der Waals surface area (Å²) in [6, 6.07) is 0. The number of hydrogen-bond acceptors (Lipinski definition) is 3. The summed E-state index contributed by atoms with van der Waals surface area (Å²) in [7, 11) is 0. The summed E-state index contributed by atoms with van der Waals surface area (Å²) in [4.78, 5) is 2.55. The van der Waals surface area contributed by atoms with Crippen molar-refractivity contribution in [2.45, 2.75) is 38.4 Å². The molecule has 2 atom stereocenters. The minimum atomic E-state index is 0.388. The summed E-state index contributed by atoms with van der Waals surface area (Å²) in [5.74, 6) is 0. The fourth-order valence-electron chi connectivity index (χ4n) is 2.41. The van der Waals surface area contributed by atoms with Crippen molar-refractivity contribution in [3.63, 3.8) is 0 Å². The van der Waals surface area contributed by atoms with Crippen LogP contribution in [0, 0.1) is 0 Å². The highest BCUT2D eigenvalue weighted by molar-refractivity contribution is 4.76. The molecule has 0 aliphatic carbocycles. The van der Waals surface area contributed by atoms with Gasteiger partial charge in [-0.05, 0) is 32.9 Å². The second kappa shape index (κ2) is 5.10. The van der Waals surface area contributed by atoms with Crippen LogP contribution in [0.15, 0.2) is 0 Å². The second-order valence-corrected chi connectivity index (χ2v) is 4.59. The highest BCUT2D eigenvalue weighted by Gasteiger charge is 2.21. The second-order valence-electron chi connectivity index (χ2n) is 4.59. The molecular formula is C11H22N2O. The predicted octanol–water partition coefficient (Wildman–Crippen LogP) is 0.849. The number of hydrogen-bond donors (Lipinski definition) is 1. The van der Waals surface area contributed by atoms with E-state index < -0.39 is 0 Å². The molecule has 2 heterocycles. The molecule has 3 nitrogen and oxygen atoms in total. The van der Waals surface area contributed by atoms with Crippen LogP contribution in [0.3, 0.4) is 0 Å². The molecule has 2 aliphatic rings. The molecule has 0 radical (unpaired) electrons. The summed E-state index contributed by atoms with van der Waals surface area (Å²) in [5.41, 5.74) is 0. The van der Waals surface area contributed by atoms with E-state index in [9.17, 15) is 0 Å². The molecular weight excluding hydrogens is 176 g/mol. The normalized spacial score (nSPS) is 35.8. The first-order valence-electron chi connectivity index (χ1n) is 5.93. The molecule has 0 aromatic carbocycles. The van der Waals surface area contributed by atoms with Crippen LogP contribution in [0.4, 0.5) is 0 Å². The fraction of sp³-hybridized carbons (Fsp3) is 1.00. The standard InChI is InChI=1S/C11H22N2O/c1-10-7-12-8-11(14-10)9-13-5-3-2-4-6-13/h10-12H,2-9H2,1H3/t10-,11+/m1/s1. The molecule has 0 bridgehead atoms. The van der Waals surface area contributed by atoms with E-state index in [0.29, 0.717) is 12.2 Å². The Labute approximate surface area is 86.8 Å². The van der Waals surface area contributed by atoms with Crippen LogP contribution in [0.1, 0.15) is 26.2 Å². The lowest BCUT2D eigenvalue weighted by Crippen LogP contribution is -2.49. The van der Waals surface area contributed by atoms with Crippen molar-refractivity contribution in [3.05, 3.63) is 0 Å². The third kappa shape index (κ3) is 2.94. The van der Waals surface area contributed by atoms with Gasteiger partial charge in [-0.2, -0.15) is 0 Å². The highest BCUT2D eigenvalue weighted by Crippen LogP contribution is 2.11. The Kier molecular flexibility index (Phi) is 3.79. The van der Waals surface area contributed by atoms with Crippen molar-refractivity contribution >= 4 is 0 Å². The summed E-state index contributed by atoms with van der Waals surface area (Å²) < 4.78 is 5.88. The number of piperidine rings is 1. The van der Waals surface area contributed by atoms with Crippen molar-refractivity contribution in [3.8, 4) is 0 Å². The SMILES string of the molecule is C[C@@H]1CNC[C@@H](CN2CCCCC2)O1. The molecule has 0 aromatic heterocycles. The minimum absolute atomic E-state index is 0.388. The van der Waals surface area contributed by atoms with Crippen molar-refractivity contribution in [1.29, 1.82) is 0 Å². The Hall–Kier alpha value is -0.120. The highest BCUT2D eigenvalue weighted by atomic mass is 16.5. The molecule has 2 fully saturated rings. The van der Waals surface area contributed by atoms with Gasteiger partial charge in [-0.1, -0.05) is 6.42 Å². The largest absolute Gasteiger partial charge is 0.371 e. The van der Waals surface area contributed by atoms with Crippen LogP contribution in [-0.2, 0) is 4.74 Å². The van der Waals surface area contributed by atoms with Crippen molar-refractivity contribution < 1.29 is 4.74 Å². The van der Waals surface area contributed by atoms with Gasteiger partial charge in [0, 0.05) is 19.6 Å². The zero-order valence-electron chi connectivity index (χ0n) is 9.17. The molecule has 2 aliphatic heterocycles. The molecule has 0 aromatic rings. The predicted molar refractivity (Wildman–Crippen MR) is 57.5 cm³/mol. The van der Waals surface area contributed by atoms with E-state index >= 15 is 0 Å². The van der Waals surface area contributed by atoms with E-state index in [1.165, 1.54) is 32.4 Å². The zero-order valence-corrected chi connectivity index (χ0v) is 9.17. The van der Waals surface area contributed by atoms with Crippen LogP contribution in [0.2, 0.25) is 0 Å². The Morgan fingerprint density at radius 3 is 2.71 bits per heavy atom. The van der Waals surface area contributed by atoms with E-state index in [1.807, 2.05) is 0 Å². The summed E-state index contributed by atoms with van der Waals surface area (Å²) in [6.07, 6.45) is 4.96. The van der Waals surface area contributed by atoms with Crippen LogP contribution >= 0.6 is 0 Å². The number of ether oxygens (including phenoxy) is 1.